The Balaban J connectivity index is 1.37. The van der Waals surface area contributed by atoms with Crippen LogP contribution in [-0.4, -0.2) is 19.8 Å². The lowest BCUT2D eigenvalue weighted by atomic mass is 9.98. The van der Waals surface area contributed by atoms with Crippen molar-refractivity contribution in [1.29, 1.82) is 0 Å². The molecule has 0 bridgehead atoms. The summed E-state index contributed by atoms with van der Waals surface area (Å²) in [4.78, 5) is 0. The van der Waals surface area contributed by atoms with Gasteiger partial charge in [-0.05, 0) is 49.4 Å². The Morgan fingerprint density at radius 2 is 1.30 bits per heavy atom. The largest absolute Gasteiger partial charge is 0.490 e. The second-order valence-electron chi connectivity index (χ2n) is 11.1. The molecule has 0 N–H and O–H groups in total. The fourth-order valence-electron chi connectivity index (χ4n) is 5.29. The predicted octanol–water partition coefficient (Wildman–Crippen LogP) is 10.7. The van der Waals surface area contributed by atoms with E-state index in [-0.39, 0.29) is 28.4 Å². The molecule has 0 unspecified atom stereocenters. The molecule has 1 heterocycles. The maximum Gasteiger partial charge on any atom is 0.201 e. The van der Waals surface area contributed by atoms with Crippen molar-refractivity contribution in [2.24, 2.45) is 5.92 Å². The van der Waals surface area contributed by atoms with Crippen LogP contribution in [0.15, 0.2) is 60.7 Å². The zero-order chi connectivity index (χ0) is 30.6. The highest BCUT2D eigenvalue weighted by Gasteiger charge is 2.28. The molecule has 1 saturated heterocycles. The molecule has 0 spiro atoms. The molecule has 1 fully saturated rings. The first-order valence-corrected chi connectivity index (χ1v) is 15.5. The van der Waals surface area contributed by atoms with Gasteiger partial charge in [-0.25, -0.2) is 13.2 Å². The van der Waals surface area contributed by atoms with E-state index in [4.69, 9.17) is 14.2 Å². The van der Waals surface area contributed by atoms with E-state index >= 15 is 8.78 Å². The van der Waals surface area contributed by atoms with Crippen LogP contribution in [0.5, 0.6) is 5.75 Å². The normalized spacial score (nSPS) is 17.1. The molecule has 3 aromatic carbocycles. The molecule has 3 nitrogen and oxygen atoms in total. The van der Waals surface area contributed by atoms with Crippen LogP contribution in [0.4, 0.5) is 17.6 Å². The van der Waals surface area contributed by atoms with Gasteiger partial charge in [-0.15, -0.1) is 0 Å². The van der Waals surface area contributed by atoms with Crippen LogP contribution in [0.25, 0.3) is 22.3 Å². The number of hydrogen-bond donors (Lipinski definition) is 0. The van der Waals surface area contributed by atoms with Gasteiger partial charge in [0.1, 0.15) is 0 Å². The molecule has 232 valence electrons. The van der Waals surface area contributed by atoms with Gasteiger partial charge in [0.05, 0.1) is 19.8 Å². The fraction of sp³-hybridized carbons (Fsp3) is 0.444. The van der Waals surface area contributed by atoms with Gasteiger partial charge in [0, 0.05) is 22.6 Å². The molecule has 0 aliphatic carbocycles. The van der Waals surface area contributed by atoms with Gasteiger partial charge in [0.25, 0.3) is 0 Å². The van der Waals surface area contributed by atoms with E-state index in [1.807, 2.05) is 13.0 Å². The number of allylic oxidation sites excluding steroid dienone is 2. The Kier molecular flexibility index (Phi) is 12.7. The summed E-state index contributed by atoms with van der Waals surface area (Å²) in [5, 5.41) is 0. The topological polar surface area (TPSA) is 27.7 Å². The van der Waals surface area contributed by atoms with Crippen molar-refractivity contribution in [3.8, 4) is 28.0 Å². The summed E-state index contributed by atoms with van der Waals surface area (Å²) in [5.41, 5.74) is 0.927. The van der Waals surface area contributed by atoms with Crippen molar-refractivity contribution in [3.63, 3.8) is 0 Å². The Labute approximate surface area is 252 Å². The molecule has 1 aliphatic rings. The van der Waals surface area contributed by atoms with E-state index in [0.717, 1.165) is 32.1 Å². The summed E-state index contributed by atoms with van der Waals surface area (Å²) in [7, 11) is 0. The molecule has 0 amide bonds. The van der Waals surface area contributed by atoms with Crippen LogP contribution < -0.4 is 4.74 Å². The Bertz CT molecular complexity index is 1330. The van der Waals surface area contributed by atoms with Crippen molar-refractivity contribution < 1.29 is 31.8 Å². The average molecular weight is 599 g/mol. The van der Waals surface area contributed by atoms with Gasteiger partial charge in [0.15, 0.2) is 29.5 Å². The zero-order valence-electron chi connectivity index (χ0n) is 25.2. The maximum atomic E-state index is 15.2. The first-order chi connectivity index (χ1) is 20.9. The molecular weight excluding hydrogens is 556 g/mol. The quantitative estimate of drug-likeness (QED) is 0.0990. The first-order valence-electron chi connectivity index (χ1n) is 15.5. The molecule has 0 radical (unpaired) electrons. The van der Waals surface area contributed by atoms with Crippen molar-refractivity contribution >= 4 is 0 Å². The third kappa shape index (κ3) is 8.70. The van der Waals surface area contributed by atoms with Gasteiger partial charge in [0.2, 0.25) is 5.82 Å². The van der Waals surface area contributed by atoms with Crippen molar-refractivity contribution in [3.05, 3.63) is 89.5 Å². The average Bonchev–Trinajstić information content (AvgIpc) is 3.02. The van der Waals surface area contributed by atoms with E-state index in [0.29, 0.717) is 30.9 Å². The summed E-state index contributed by atoms with van der Waals surface area (Å²) in [6.07, 6.45) is 12.6. The van der Waals surface area contributed by atoms with E-state index in [1.165, 1.54) is 49.9 Å². The Morgan fingerprint density at radius 3 is 1.93 bits per heavy atom. The van der Waals surface area contributed by atoms with Gasteiger partial charge in [-0.3, -0.25) is 0 Å². The first kappa shape index (κ1) is 32.7. The van der Waals surface area contributed by atoms with Crippen LogP contribution in [0.1, 0.15) is 83.5 Å². The van der Waals surface area contributed by atoms with E-state index in [1.54, 1.807) is 24.3 Å². The van der Waals surface area contributed by atoms with Crippen molar-refractivity contribution in [1.82, 2.24) is 0 Å². The Hall–Kier alpha value is -3.16. The highest BCUT2D eigenvalue weighted by atomic mass is 19.2. The molecule has 7 heteroatoms. The van der Waals surface area contributed by atoms with Gasteiger partial charge in [-0.2, -0.15) is 4.39 Å². The van der Waals surface area contributed by atoms with Gasteiger partial charge >= 0.3 is 0 Å². The molecule has 0 aromatic heterocycles. The molecule has 0 atom stereocenters. The zero-order valence-corrected chi connectivity index (χ0v) is 25.2. The van der Waals surface area contributed by atoms with Crippen LogP contribution in [0.2, 0.25) is 0 Å². The number of halogens is 4. The molecule has 43 heavy (non-hydrogen) atoms. The summed E-state index contributed by atoms with van der Waals surface area (Å²) >= 11 is 0. The number of hydrogen-bond acceptors (Lipinski definition) is 3. The van der Waals surface area contributed by atoms with Crippen LogP contribution in [0.3, 0.4) is 0 Å². The van der Waals surface area contributed by atoms with Gasteiger partial charge in [-0.1, -0.05) is 94.0 Å². The fourth-order valence-corrected chi connectivity index (χ4v) is 5.29. The number of ether oxygens (including phenoxy) is 3. The third-order valence-corrected chi connectivity index (χ3v) is 7.87. The van der Waals surface area contributed by atoms with Crippen LogP contribution >= 0.6 is 0 Å². The SMILES string of the molecule is C/C=C/CCC1COC(c2ccc(-c3ccc(-c4ccc(OCCCCCCCCC)c(F)c4F)cc3)c(F)c2F)OC1. The van der Waals surface area contributed by atoms with E-state index in [9.17, 15) is 8.78 Å². The van der Waals surface area contributed by atoms with Crippen LogP contribution in [0, 0.1) is 29.2 Å². The number of benzene rings is 3. The highest BCUT2D eigenvalue weighted by Crippen LogP contribution is 2.35. The smallest absolute Gasteiger partial charge is 0.201 e. The summed E-state index contributed by atoms with van der Waals surface area (Å²) in [6, 6.07) is 12.1. The highest BCUT2D eigenvalue weighted by molar-refractivity contribution is 5.71. The molecule has 3 aromatic rings. The summed E-state index contributed by atoms with van der Waals surface area (Å²) in [6.45, 7) is 5.30. The molecular formula is C36H42F4O3. The minimum Gasteiger partial charge on any atom is -0.490 e. The lowest BCUT2D eigenvalue weighted by Gasteiger charge is -2.29. The predicted molar refractivity (Wildman–Crippen MR) is 163 cm³/mol. The number of unbranched alkanes of at least 4 members (excludes halogenated alkanes) is 6. The van der Waals surface area contributed by atoms with Crippen molar-refractivity contribution in [2.45, 2.75) is 77.9 Å². The third-order valence-electron chi connectivity index (χ3n) is 7.87. The lowest BCUT2D eigenvalue weighted by Crippen LogP contribution is -2.27. The monoisotopic (exact) mass is 598 g/mol. The molecule has 0 saturated carbocycles. The number of rotatable bonds is 15. The van der Waals surface area contributed by atoms with Gasteiger partial charge < -0.3 is 14.2 Å². The summed E-state index contributed by atoms with van der Waals surface area (Å²) < 4.78 is 76.9. The van der Waals surface area contributed by atoms with Crippen molar-refractivity contribution in [2.75, 3.05) is 19.8 Å². The second kappa shape index (κ2) is 16.6. The summed E-state index contributed by atoms with van der Waals surface area (Å²) in [5.74, 6) is -4.01. The maximum absolute atomic E-state index is 15.2. The standard InChI is InChI=1S/C36H42F4O3/c1-3-5-7-8-9-10-12-22-41-31-21-20-29(33(38)35(31)40)27-16-14-26(15-17-27)28-18-19-30(34(39)32(28)37)36-42-23-25(24-43-36)13-11-6-4-2/h4,6,14-21,25,36H,3,5,7-13,22-24H2,1-2H3/b6-4+. The minimum atomic E-state index is -1.04. The van der Waals surface area contributed by atoms with Crippen LogP contribution in [-0.2, 0) is 9.47 Å². The lowest BCUT2D eigenvalue weighted by molar-refractivity contribution is -0.207. The van der Waals surface area contributed by atoms with E-state index < -0.39 is 29.6 Å². The Morgan fingerprint density at radius 1 is 0.721 bits per heavy atom. The van der Waals surface area contributed by atoms with E-state index in [2.05, 4.69) is 13.0 Å². The second-order valence-corrected chi connectivity index (χ2v) is 11.1. The minimum absolute atomic E-state index is 0.0107. The molecule has 4 rings (SSSR count). The molecule has 1 aliphatic heterocycles.